The number of hydrogen-bond donors (Lipinski definition) is 3. The Balaban J connectivity index is 2.07. The average Bonchev–Trinajstić information content (AvgIpc) is 2.61. The van der Waals surface area contributed by atoms with Crippen LogP contribution >= 0.6 is 15.9 Å². The third-order valence-corrected chi connectivity index (χ3v) is 5.83. The Kier molecular flexibility index (Phi) is 7.11. The van der Waals surface area contributed by atoms with Gasteiger partial charge in [-0.3, -0.25) is 4.79 Å². The number of rotatable bonds is 8. The van der Waals surface area contributed by atoms with E-state index in [1.54, 1.807) is 18.3 Å². The lowest BCUT2D eigenvalue weighted by Crippen LogP contribution is -2.26. The minimum atomic E-state index is -3.47. The van der Waals surface area contributed by atoms with Gasteiger partial charge in [-0.25, -0.2) is 17.7 Å². The molecule has 0 fully saturated rings. The Bertz CT molecular complexity index is 903. The molecular weight excluding hydrogens is 436 g/mol. The van der Waals surface area contributed by atoms with Gasteiger partial charge in [0.1, 0.15) is 5.82 Å². The lowest BCUT2D eigenvalue weighted by molar-refractivity contribution is -0.118. The van der Waals surface area contributed by atoms with Crippen molar-refractivity contribution in [3.63, 3.8) is 0 Å². The van der Waals surface area contributed by atoms with E-state index in [0.717, 1.165) is 4.31 Å². The smallest absolute Gasteiger partial charge is 0.242 e. The highest BCUT2D eigenvalue weighted by Gasteiger charge is 2.16. The first-order valence-electron chi connectivity index (χ1n) is 8.00. The fourth-order valence-corrected chi connectivity index (χ4v) is 3.25. The summed E-state index contributed by atoms with van der Waals surface area (Å²) in [6.45, 7) is 2.43. The average molecular weight is 457 g/mol. The van der Waals surface area contributed by atoms with E-state index in [4.69, 9.17) is 0 Å². The molecule has 1 aromatic heterocycles. The van der Waals surface area contributed by atoms with E-state index in [-0.39, 0.29) is 10.8 Å². The Morgan fingerprint density at radius 3 is 2.44 bits per heavy atom. The summed E-state index contributed by atoms with van der Waals surface area (Å²) in [5, 5.41) is 8.81. The normalized spacial score (nSPS) is 11.3. The number of hydrogen-bond acceptors (Lipinski definition) is 7. The van der Waals surface area contributed by atoms with Crippen molar-refractivity contribution < 1.29 is 13.2 Å². The molecule has 0 spiro atoms. The van der Waals surface area contributed by atoms with Crippen molar-refractivity contribution in [1.82, 2.24) is 19.6 Å². The molecule has 0 saturated carbocycles. The van der Waals surface area contributed by atoms with Crippen LogP contribution in [0.1, 0.15) is 6.92 Å². The van der Waals surface area contributed by atoms with Gasteiger partial charge < -0.3 is 16.0 Å². The van der Waals surface area contributed by atoms with Crippen LogP contribution in [0.4, 0.5) is 17.5 Å². The summed E-state index contributed by atoms with van der Waals surface area (Å²) in [7, 11) is -0.502. The zero-order chi connectivity index (χ0) is 20.0. The predicted molar refractivity (Wildman–Crippen MR) is 108 cm³/mol. The molecule has 0 bridgehead atoms. The predicted octanol–water partition coefficient (Wildman–Crippen LogP) is 1.78. The van der Waals surface area contributed by atoms with Crippen LogP contribution < -0.4 is 16.0 Å². The van der Waals surface area contributed by atoms with Crippen LogP contribution in [-0.2, 0) is 14.8 Å². The SMILES string of the molecule is CC(=O)NCCNc1nc(Nc2ccc(S(=O)(=O)N(C)C)cc2)ncc1Br. The van der Waals surface area contributed by atoms with E-state index in [1.807, 2.05) is 0 Å². The molecule has 2 rings (SSSR count). The zero-order valence-corrected chi connectivity index (χ0v) is 17.6. The molecule has 0 atom stereocenters. The van der Waals surface area contributed by atoms with Gasteiger partial charge in [-0.05, 0) is 40.2 Å². The maximum atomic E-state index is 12.1. The van der Waals surface area contributed by atoms with Crippen molar-refractivity contribution in [2.75, 3.05) is 37.8 Å². The summed E-state index contributed by atoms with van der Waals surface area (Å²) in [5.41, 5.74) is 0.652. The van der Waals surface area contributed by atoms with Gasteiger partial charge in [-0.1, -0.05) is 0 Å². The highest BCUT2D eigenvalue weighted by atomic mass is 79.9. The highest BCUT2D eigenvalue weighted by molar-refractivity contribution is 9.10. The molecule has 3 N–H and O–H groups in total. The number of carbonyl (C=O) groups is 1. The zero-order valence-electron chi connectivity index (χ0n) is 15.2. The number of nitrogens with zero attached hydrogens (tertiary/aromatic N) is 3. The van der Waals surface area contributed by atoms with Crippen LogP contribution in [0.25, 0.3) is 0 Å². The summed E-state index contributed by atoms with van der Waals surface area (Å²) in [6.07, 6.45) is 1.60. The van der Waals surface area contributed by atoms with Gasteiger partial charge in [0.15, 0.2) is 0 Å². The highest BCUT2D eigenvalue weighted by Crippen LogP contribution is 2.23. The first kappa shape index (κ1) is 21.1. The number of anilines is 3. The molecule has 146 valence electrons. The van der Waals surface area contributed by atoms with Gasteiger partial charge in [0.05, 0.1) is 9.37 Å². The van der Waals surface area contributed by atoms with E-state index in [0.29, 0.717) is 35.0 Å². The standard InChI is InChI=1S/C16H21BrN6O3S/c1-11(24)18-8-9-19-15-14(17)10-20-16(22-15)21-12-4-6-13(7-5-12)27(25,26)23(2)3/h4-7,10H,8-9H2,1-3H3,(H,18,24)(H2,19,20,21,22). The molecule has 0 aliphatic heterocycles. The second-order valence-corrected chi connectivity index (χ2v) is 8.74. The quantitative estimate of drug-likeness (QED) is 0.518. The third-order valence-electron chi connectivity index (χ3n) is 3.42. The molecule has 1 amide bonds. The first-order chi connectivity index (χ1) is 12.7. The van der Waals surface area contributed by atoms with Crippen LogP contribution in [0.2, 0.25) is 0 Å². The van der Waals surface area contributed by atoms with Gasteiger partial charge >= 0.3 is 0 Å². The van der Waals surface area contributed by atoms with Crippen molar-refractivity contribution in [1.29, 1.82) is 0 Å². The van der Waals surface area contributed by atoms with Crippen LogP contribution in [0.5, 0.6) is 0 Å². The summed E-state index contributed by atoms with van der Waals surface area (Å²) in [4.78, 5) is 19.6. The van der Waals surface area contributed by atoms with Gasteiger partial charge in [0.2, 0.25) is 21.9 Å². The van der Waals surface area contributed by atoms with Gasteiger partial charge in [-0.2, -0.15) is 4.98 Å². The molecule has 0 aliphatic rings. The fraction of sp³-hybridized carbons (Fsp3) is 0.312. The van der Waals surface area contributed by atoms with Crippen molar-refractivity contribution in [2.24, 2.45) is 0 Å². The summed E-state index contributed by atoms with van der Waals surface area (Å²) in [5.74, 6) is 0.828. The van der Waals surface area contributed by atoms with Crippen LogP contribution in [0.15, 0.2) is 39.8 Å². The third kappa shape index (κ3) is 5.88. The van der Waals surface area contributed by atoms with Crippen molar-refractivity contribution in [3.8, 4) is 0 Å². The van der Waals surface area contributed by atoms with Gasteiger partial charge in [0.25, 0.3) is 0 Å². The fourth-order valence-electron chi connectivity index (χ4n) is 2.02. The van der Waals surface area contributed by atoms with Crippen molar-refractivity contribution in [3.05, 3.63) is 34.9 Å². The molecule has 0 saturated heterocycles. The Hall–Kier alpha value is -2.24. The molecule has 9 nitrogen and oxygen atoms in total. The first-order valence-corrected chi connectivity index (χ1v) is 10.2. The van der Waals surface area contributed by atoms with Gasteiger partial charge in [-0.15, -0.1) is 0 Å². The van der Waals surface area contributed by atoms with E-state index < -0.39 is 10.0 Å². The van der Waals surface area contributed by atoms with Gasteiger partial charge in [0, 0.05) is 46.0 Å². The monoisotopic (exact) mass is 456 g/mol. The van der Waals surface area contributed by atoms with E-state index in [9.17, 15) is 13.2 Å². The van der Waals surface area contributed by atoms with Crippen LogP contribution in [0.3, 0.4) is 0 Å². The molecule has 11 heteroatoms. The number of aromatic nitrogens is 2. The van der Waals surface area contributed by atoms with Crippen molar-refractivity contribution >= 4 is 49.3 Å². The molecule has 0 unspecified atom stereocenters. The summed E-state index contributed by atoms with van der Waals surface area (Å²) in [6, 6.07) is 6.32. The number of halogens is 1. The van der Waals surface area contributed by atoms with E-state index >= 15 is 0 Å². The van der Waals surface area contributed by atoms with Crippen molar-refractivity contribution in [2.45, 2.75) is 11.8 Å². The lowest BCUT2D eigenvalue weighted by Gasteiger charge is -2.12. The maximum Gasteiger partial charge on any atom is 0.242 e. The topological polar surface area (TPSA) is 116 Å². The number of carbonyl (C=O) groups excluding carboxylic acids is 1. The maximum absolute atomic E-state index is 12.1. The Morgan fingerprint density at radius 2 is 1.85 bits per heavy atom. The van der Waals surface area contributed by atoms with E-state index in [1.165, 1.54) is 33.2 Å². The molecule has 1 heterocycles. The number of sulfonamides is 1. The molecule has 2 aromatic rings. The number of amides is 1. The summed E-state index contributed by atoms with van der Waals surface area (Å²) < 4.78 is 26.0. The molecular formula is C16H21BrN6O3S. The summed E-state index contributed by atoms with van der Waals surface area (Å²) >= 11 is 3.37. The lowest BCUT2D eigenvalue weighted by atomic mass is 10.3. The van der Waals surface area contributed by atoms with Crippen LogP contribution in [0, 0.1) is 0 Å². The molecule has 27 heavy (non-hydrogen) atoms. The van der Waals surface area contributed by atoms with Crippen LogP contribution in [-0.4, -0.2) is 55.8 Å². The second kappa shape index (κ2) is 9.11. The molecule has 0 radical (unpaired) electrons. The van der Waals surface area contributed by atoms with E-state index in [2.05, 4.69) is 41.8 Å². The number of benzene rings is 1. The second-order valence-electron chi connectivity index (χ2n) is 5.74. The Labute approximate surface area is 166 Å². The largest absolute Gasteiger partial charge is 0.367 e. The number of nitrogens with one attached hydrogen (secondary N) is 3. The Morgan fingerprint density at radius 1 is 1.19 bits per heavy atom. The minimum absolute atomic E-state index is 0.0966. The molecule has 1 aromatic carbocycles. The molecule has 0 aliphatic carbocycles. The minimum Gasteiger partial charge on any atom is -0.367 e.